The number of carboxylic acids is 1. The monoisotopic (exact) mass is 821 g/mol. The Labute approximate surface area is 333 Å². The third kappa shape index (κ3) is 22.1. The highest BCUT2D eigenvalue weighted by molar-refractivity contribution is 5.97. The normalized spacial score (nSPS) is 16.3. The highest BCUT2D eigenvalue weighted by Gasteiger charge is 2.35. The molecule has 0 aromatic rings. The van der Waals surface area contributed by atoms with Crippen LogP contribution in [0.5, 0.6) is 0 Å². The van der Waals surface area contributed by atoms with Crippen LogP contribution >= 0.6 is 0 Å². The van der Waals surface area contributed by atoms with E-state index in [1.165, 1.54) is 27.7 Å². The van der Waals surface area contributed by atoms with Crippen LogP contribution in [0.1, 0.15) is 72.6 Å². The lowest BCUT2D eigenvalue weighted by Gasteiger charge is -2.29. The van der Waals surface area contributed by atoms with Crippen molar-refractivity contribution in [2.45, 2.75) is 133 Å². The zero-order valence-corrected chi connectivity index (χ0v) is 34.1. The quantitative estimate of drug-likeness (QED) is 0.0198. The number of quaternary nitrogens is 2. The Hall–Kier alpha value is -4.52. The molecule has 19 N–H and O–H groups in total. The van der Waals surface area contributed by atoms with Gasteiger partial charge in [-0.3, -0.25) is 43.7 Å². The number of hydrogen-bond donors (Lipinski definition) is 14. The number of amides is 7. The van der Waals surface area contributed by atoms with Crippen molar-refractivity contribution in [3.8, 4) is 0 Å². The van der Waals surface area contributed by atoms with Crippen LogP contribution in [0.4, 0.5) is 0 Å². The molecule has 0 aromatic heterocycles. The maximum atomic E-state index is 13.9. The van der Waals surface area contributed by atoms with Crippen LogP contribution < -0.4 is 60.2 Å². The van der Waals surface area contributed by atoms with E-state index in [1.54, 1.807) is 0 Å². The topological polar surface area (TPSA) is 387 Å². The van der Waals surface area contributed by atoms with Crippen LogP contribution in [0.3, 0.4) is 0 Å². The van der Waals surface area contributed by atoms with E-state index >= 15 is 0 Å². The molecule has 23 heteroatoms. The second-order valence-corrected chi connectivity index (χ2v) is 15.2. The van der Waals surface area contributed by atoms with Crippen LogP contribution in [0.2, 0.25) is 0 Å². The average molecular weight is 821 g/mol. The number of aliphatic hydroxyl groups is 2. The number of aliphatic carboxylic acids is 1. The molecular weight excluding hydrogens is 752 g/mol. The first-order valence-electron chi connectivity index (χ1n) is 18.8. The summed E-state index contributed by atoms with van der Waals surface area (Å²) >= 11 is 0. The van der Waals surface area contributed by atoms with Gasteiger partial charge in [-0.1, -0.05) is 0 Å². The molecule has 0 radical (unpaired) electrons. The fourth-order valence-corrected chi connectivity index (χ4v) is 5.13. The van der Waals surface area contributed by atoms with Gasteiger partial charge in [-0.15, -0.1) is 0 Å². The molecule has 0 saturated carbocycles. The summed E-state index contributed by atoms with van der Waals surface area (Å²) in [6, 6.07) is -9.48. The van der Waals surface area contributed by atoms with Gasteiger partial charge >= 0.3 is 5.97 Å². The summed E-state index contributed by atoms with van der Waals surface area (Å²) in [7, 11) is 5.89. The number of nitrogens with zero attached hydrogens (tertiary/aromatic N) is 1. The van der Waals surface area contributed by atoms with Crippen LogP contribution in [0, 0.1) is 0 Å². The summed E-state index contributed by atoms with van der Waals surface area (Å²) in [6.45, 7) is 6.06. The number of carbonyl (C=O) groups excluding carboxylic acids is 7. The second-order valence-electron chi connectivity index (χ2n) is 15.2. The number of carbonyl (C=O) groups is 8. The summed E-state index contributed by atoms with van der Waals surface area (Å²) in [5.74, 6) is -7.54. The third-order valence-corrected chi connectivity index (χ3v) is 8.50. The molecule has 0 spiro atoms. The number of nitrogens with one attached hydrogen (secondary N) is 7. The highest BCUT2D eigenvalue weighted by Crippen LogP contribution is 2.09. The van der Waals surface area contributed by atoms with Gasteiger partial charge in [-0.05, 0) is 72.8 Å². The molecular formula is C34H68N12O11+2. The number of aliphatic hydroxyl groups excluding tert-OH is 2. The van der Waals surface area contributed by atoms with E-state index in [1.807, 2.05) is 21.1 Å². The maximum Gasteiger partial charge on any atom is 0.325 e. The van der Waals surface area contributed by atoms with E-state index in [-0.39, 0.29) is 25.8 Å². The van der Waals surface area contributed by atoms with Gasteiger partial charge in [0.05, 0.1) is 39.9 Å². The molecule has 0 bridgehead atoms. The highest BCUT2D eigenvalue weighted by atomic mass is 16.4. The number of hydrogen-bond acceptors (Lipinski definition) is 13. The smallest absolute Gasteiger partial charge is 0.325 e. The Bertz CT molecular complexity index is 1360. The Morgan fingerprint density at radius 1 is 0.614 bits per heavy atom. The molecule has 23 nitrogen and oxygen atoms in total. The van der Waals surface area contributed by atoms with Gasteiger partial charge in [0.1, 0.15) is 42.5 Å². The summed E-state index contributed by atoms with van der Waals surface area (Å²) in [5, 5.41) is 47.2. The fourth-order valence-electron chi connectivity index (χ4n) is 5.13. The molecule has 0 aliphatic heterocycles. The zero-order valence-electron chi connectivity index (χ0n) is 34.1. The van der Waals surface area contributed by atoms with Crippen LogP contribution in [0.15, 0.2) is 0 Å². The van der Waals surface area contributed by atoms with Gasteiger partial charge in [0, 0.05) is 6.42 Å². The number of unbranched alkanes of at least 4 members (excludes halogenated alkanes) is 1. The third-order valence-electron chi connectivity index (χ3n) is 8.50. The van der Waals surface area contributed by atoms with Gasteiger partial charge in [0.2, 0.25) is 35.4 Å². The number of nitrogens with two attached hydrogens (primary N) is 3. The molecule has 328 valence electrons. The van der Waals surface area contributed by atoms with Gasteiger partial charge < -0.3 is 74.6 Å². The molecule has 0 rings (SSSR count). The Kier molecular flexibility index (Phi) is 23.6. The molecule has 0 fully saturated rings. The van der Waals surface area contributed by atoms with E-state index in [4.69, 9.17) is 22.3 Å². The van der Waals surface area contributed by atoms with E-state index in [0.717, 1.165) is 0 Å². The lowest BCUT2D eigenvalue weighted by atomic mass is 10.0. The van der Waals surface area contributed by atoms with Crippen molar-refractivity contribution in [2.75, 3.05) is 34.2 Å². The van der Waals surface area contributed by atoms with Gasteiger partial charge in [-0.25, -0.2) is 0 Å². The van der Waals surface area contributed by atoms with Crippen molar-refractivity contribution in [3.05, 3.63) is 0 Å². The molecule has 0 saturated heterocycles. The van der Waals surface area contributed by atoms with Crippen LogP contribution in [-0.4, -0.2) is 162 Å². The van der Waals surface area contributed by atoms with Crippen molar-refractivity contribution >= 4 is 47.3 Å². The summed E-state index contributed by atoms with van der Waals surface area (Å²) in [6.07, 6.45) is -3.21. The van der Waals surface area contributed by atoms with Crippen molar-refractivity contribution in [1.82, 2.24) is 37.2 Å². The molecule has 0 unspecified atom stereocenters. The lowest BCUT2D eigenvalue weighted by molar-refractivity contribution is -0.870. The average Bonchev–Trinajstić information content (AvgIpc) is 3.08. The minimum atomic E-state index is -1.67. The standard InChI is InChI=1S/C34H66N12O11/c1-17(35)27(50)41-22(12-10-15-39-34(37)38)29(52)45-26(20(4)48)32(55)43-21(11-8-9-16-46(5,6)7)28(51)42-23(13-14-24(36)49)30(53)44-25(19(3)47)31(54)40-18(2)33(56)57/h17-23,25-26,34,39,47-48H,8-16,35,37-38H2,1-7H3,(H8-,36,40,41,42,43,44,45,49,50,51,52,53,54,55,56,57)/p+2/t17-,18-,19+,20+,21-,22-,23-,25-,26-/m0/s1. The van der Waals surface area contributed by atoms with E-state index in [0.29, 0.717) is 30.3 Å². The molecule has 0 heterocycles. The Morgan fingerprint density at radius 3 is 1.46 bits per heavy atom. The Morgan fingerprint density at radius 2 is 1.04 bits per heavy atom. The molecule has 0 aromatic carbocycles. The molecule has 9 atom stereocenters. The van der Waals surface area contributed by atoms with Crippen molar-refractivity contribution in [1.29, 1.82) is 0 Å². The molecule has 57 heavy (non-hydrogen) atoms. The van der Waals surface area contributed by atoms with Crippen molar-refractivity contribution in [2.24, 2.45) is 17.2 Å². The summed E-state index contributed by atoms with van der Waals surface area (Å²) < 4.78 is 0.595. The lowest BCUT2D eigenvalue weighted by Crippen LogP contribution is -2.68. The first-order valence-corrected chi connectivity index (χ1v) is 18.8. The largest absolute Gasteiger partial charge is 0.480 e. The first-order chi connectivity index (χ1) is 26.3. The minimum Gasteiger partial charge on any atom is -0.480 e. The SMILES string of the molecule is C[C@H]([NH3+])C(=O)N[C@@H](CCCNC(N)N)C(=O)N[C@H](C(=O)N[C@@H](CCCC[N+](C)(C)C)C(=O)N[C@@H](CCC(N)=O)C(=O)N[C@H](C(=O)N[C@@H](C)C(=O)O)[C@@H](C)O)[C@@H](C)O. The molecule has 7 amide bonds. The van der Waals surface area contributed by atoms with E-state index in [9.17, 15) is 48.6 Å². The van der Waals surface area contributed by atoms with Gasteiger partial charge in [-0.2, -0.15) is 0 Å². The van der Waals surface area contributed by atoms with E-state index < -0.39 is 115 Å². The predicted molar refractivity (Wildman–Crippen MR) is 205 cm³/mol. The Balaban J connectivity index is 6.44. The van der Waals surface area contributed by atoms with E-state index in [2.05, 4.69) is 43.0 Å². The molecule has 0 aliphatic carbocycles. The van der Waals surface area contributed by atoms with Crippen LogP contribution in [0.25, 0.3) is 0 Å². The maximum absolute atomic E-state index is 13.9. The summed E-state index contributed by atoms with van der Waals surface area (Å²) in [5.41, 5.74) is 20.0. The fraction of sp³-hybridized carbons (Fsp3) is 0.765. The number of rotatable bonds is 28. The predicted octanol–water partition coefficient (Wildman–Crippen LogP) is -6.90. The minimum absolute atomic E-state index is 0.0182. The number of primary amides is 1. The van der Waals surface area contributed by atoms with Gasteiger partial charge in [0.15, 0.2) is 6.04 Å². The second kappa shape index (κ2) is 25.7. The first kappa shape index (κ1) is 52.5. The van der Waals surface area contributed by atoms with Crippen LogP contribution in [-0.2, 0) is 38.4 Å². The van der Waals surface area contributed by atoms with Crippen molar-refractivity contribution in [3.63, 3.8) is 0 Å². The van der Waals surface area contributed by atoms with Crippen molar-refractivity contribution < 1.29 is 63.9 Å². The summed E-state index contributed by atoms with van der Waals surface area (Å²) in [4.78, 5) is 103. The molecule has 0 aliphatic rings. The zero-order chi connectivity index (χ0) is 44.2. The number of carboxylic acid groups (broad SMARTS) is 1. The van der Waals surface area contributed by atoms with Gasteiger partial charge in [0.25, 0.3) is 5.91 Å².